The van der Waals surface area contributed by atoms with Gasteiger partial charge in [-0.3, -0.25) is 4.90 Å². The number of rotatable bonds is 12. The van der Waals surface area contributed by atoms with Crippen LogP contribution in [-0.2, 0) is 4.74 Å². The third-order valence-corrected chi connectivity index (χ3v) is 8.88. The molecule has 0 spiro atoms. The summed E-state index contributed by atoms with van der Waals surface area (Å²) in [5, 5.41) is 10.1. The quantitative estimate of drug-likeness (QED) is 0.417. The van der Waals surface area contributed by atoms with E-state index in [-0.39, 0.29) is 0 Å². The standard InChI is InChI=1S/C17H38N2O3Si/c1-4-12-23(21,13-5-2)14-6-11-22-16-17(20)15-19-9-7-18(3)8-10-19/h17,20-21H,4-16H2,1-3H3. The van der Waals surface area contributed by atoms with Gasteiger partial charge in [-0.1, -0.05) is 26.7 Å². The molecule has 0 amide bonds. The zero-order chi connectivity index (χ0) is 17.1. The number of likely N-dealkylation sites (N-methyl/N-ethyl adjacent to an activating group) is 1. The van der Waals surface area contributed by atoms with Crippen LogP contribution in [0.2, 0.25) is 18.1 Å². The molecule has 0 bridgehead atoms. The smallest absolute Gasteiger partial charge is 0.188 e. The van der Waals surface area contributed by atoms with E-state index in [0.29, 0.717) is 19.8 Å². The molecule has 1 atom stereocenters. The molecule has 5 nitrogen and oxygen atoms in total. The largest absolute Gasteiger partial charge is 0.432 e. The van der Waals surface area contributed by atoms with Crippen LogP contribution in [0.5, 0.6) is 0 Å². The Morgan fingerprint density at radius 1 is 1.04 bits per heavy atom. The van der Waals surface area contributed by atoms with Crippen LogP contribution in [0.4, 0.5) is 0 Å². The number of hydrogen-bond acceptors (Lipinski definition) is 5. The molecule has 0 aromatic heterocycles. The molecule has 23 heavy (non-hydrogen) atoms. The molecule has 1 aliphatic rings. The third kappa shape index (κ3) is 9.17. The molecule has 0 aromatic rings. The van der Waals surface area contributed by atoms with E-state index in [1.807, 2.05) is 0 Å². The molecule has 138 valence electrons. The summed E-state index contributed by atoms with van der Waals surface area (Å²) in [4.78, 5) is 15.3. The van der Waals surface area contributed by atoms with Gasteiger partial charge in [-0.15, -0.1) is 0 Å². The average molecular weight is 347 g/mol. The van der Waals surface area contributed by atoms with Crippen LogP contribution in [0.3, 0.4) is 0 Å². The Balaban J connectivity index is 2.09. The highest BCUT2D eigenvalue weighted by Gasteiger charge is 2.28. The van der Waals surface area contributed by atoms with Gasteiger partial charge in [0.2, 0.25) is 0 Å². The minimum Gasteiger partial charge on any atom is -0.432 e. The number of β-amino-alcohol motifs (C(OH)–C–C–N with tert-alkyl or cyclic N) is 1. The molecule has 0 radical (unpaired) electrons. The first-order chi connectivity index (χ1) is 11.0. The van der Waals surface area contributed by atoms with Crippen LogP contribution >= 0.6 is 0 Å². The third-order valence-electron chi connectivity index (χ3n) is 4.74. The Bertz CT molecular complexity index is 294. The van der Waals surface area contributed by atoms with Gasteiger partial charge < -0.3 is 19.5 Å². The molecule has 1 fully saturated rings. The first-order valence-corrected chi connectivity index (χ1v) is 11.9. The van der Waals surface area contributed by atoms with Gasteiger partial charge in [0, 0.05) is 39.3 Å². The van der Waals surface area contributed by atoms with Gasteiger partial charge >= 0.3 is 0 Å². The summed E-state index contributed by atoms with van der Waals surface area (Å²) < 4.78 is 5.63. The van der Waals surface area contributed by atoms with E-state index in [4.69, 9.17) is 4.74 Å². The summed E-state index contributed by atoms with van der Waals surface area (Å²) in [6, 6.07) is 2.95. The van der Waals surface area contributed by atoms with E-state index < -0.39 is 14.4 Å². The molecule has 1 aliphatic heterocycles. The van der Waals surface area contributed by atoms with E-state index in [1.165, 1.54) is 0 Å². The molecule has 1 unspecified atom stereocenters. The number of hydrogen-bond donors (Lipinski definition) is 2. The Labute approximate surface area is 143 Å². The van der Waals surface area contributed by atoms with E-state index in [2.05, 4.69) is 30.7 Å². The predicted molar refractivity (Wildman–Crippen MR) is 98.4 cm³/mol. The fraction of sp³-hybridized carbons (Fsp3) is 1.00. The lowest BCUT2D eigenvalue weighted by Gasteiger charge is -2.33. The fourth-order valence-electron chi connectivity index (χ4n) is 3.41. The maximum absolute atomic E-state index is 10.7. The second-order valence-corrected chi connectivity index (χ2v) is 11.1. The van der Waals surface area contributed by atoms with Gasteiger partial charge in [-0.25, -0.2) is 0 Å². The lowest BCUT2D eigenvalue weighted by atomic mass is 10.3. The predicted octanol–water partition coefficient (Wildman–Crippen LogP) is 1.76. The summed E-state index contributed by atoms with van der Waals surface area (Å²) in [7, 11) is 0.114. The van der Waals surface area contributed by atoms with E-state index in [0.717, 1.165) is 63.6 Å². The molecular weight excluding hydrogens is 308 g/mol. The van der Waals surface area contributed by atoms with Gasteiger partial charge in [-0.05, 0) is 31.6 Å². The van der Waals surface area contributed by atoms with Crippen LogP contribution in [0.15, 0.2) is 0 Å². The Kier molecular flexibility index (Phi) is 10.6. The van der Waals surface area contributed by atoms with Crippen molar-refractivity contribution in [3.8, 4) is 0 Å². The zero-order valence-electron chi connectivity index (χ0n) is 15.5. The molecule has 0 aromatic carbocycles. The first kappa shape index (κ1) is 21.1. The summed E-state index contributed by atoms with van der Waals surface area (Å²) >= 11 is 0. The Hall–Kier alpha value is 0.0169. The van der Waals surface area contributed by atoms with Gasteiger partial charge in [-0.2, -0.15) is 0 Å². The van der Waals surface area contributed by atoms with Gasteiger partial charge in [0.25, 0.3) is 0 Å². The van der Waals surface area contributed by atoms with E-state index in [9.17, 15) is 9.90 Å². The summed E-state index contributed by atoms with van der Waals surface area (Å²) in [5.41, 5.74) is 0. The molecule has 1 saturated heterocycles. The normalized spacial score (nSPS) is 19.2. The monoisotopic (exact) mass is 346 g/mol. The van der Waals surface area contributed by atoms with Crippen LogP contribution in [0.1, 0.15) is 33.1 Å². The van der Waals surface area contributed by atoms with E-state index >= 15 is 0 Å². The van der Waals surface area contributed by atoms with Crippen molar-refractivity contribution in [2.45, 2.75) is 57.3 Å². The lowest BCUT2D eigenvalue weighted by molar-refractivity contribution is 0.00896. The summed E-state index contributed by atoms with van der Waals surface area (Å²) in [5.74, 6) is 0. The topological polar surface area (TPSA) is 56.2 Å². The lowest BCUT2D eigenvalue weighted by Crippen LogP contribution is -2.47. The van der Waals surface area contributed by atoms with Crippen molar-refractivity contribution in [1.29, 1.82) is 0 Å². The first-order valence-electron chi connectivity index (χ1n) is 9.38. The Morgan fingerprint density at radius 2 is 1.65 bits per heavy atom. The zero-order valence-corrected chi connectivity index (χ0v) is 16.5. The molecule has 1 rings (SSSR count). The minimum atomic E-state index is -2.02. The van der Waals surface area contributed by atoms with Crippen molar-refractivity contribution in [2.24, 2.45) is 0 Å². The number of ether oxygens (including phenoxy) is 1. The van der Waals surface area contributed by atoms with Crippen LogP contribution in [-0.4, -0.2) is 87.1 Å². The average Bonchev–Trinajstić information content (AvgIpc) is 2.50. The van der Waals surface area contributed by atoms with Crippen molar-refractivity contribution in [3.05, 3.63) is 0 Å². The van der Waals surface area contributed by atoms with Crippen molar-refractivity contribution in [1.82, 2.24) is 9.80 Å². The molecule has 0 saturated carbocycles. The maximum atomic E-state index is 10.7. The highest BCUT2D eigenvalue weighted by molar-refractivity contribution is 6.72. The van der Waals surface area contributed by atoms with Gasteiger partial charge in [0.1, 0.15) is 0 Å². The molecule has 0 aliphatic carbocycles. The SMILES string of the molecule is CCC[Si](O)(CCC)CCCOCC(O)CN1CCN(C)CC1. The molecule has 1 heterocycles. The van der Waals surface area contributed by atoms with Crippen LogP contribution < -0.4 is 0 Å². The molecule has 2 N–H and O–H groups in total. The van der Waals surface area contributed by atoms with Gasteiger partial charge in [0.05, 0.1) is 12.7 Å². The fourth-order valence-corrected chi connectivity index (χ4v) is 6.82. The second kappa shape index (κ2) is 11.6. The number of nitrogens with zero attached hydrogens (tertiary/aromatic N) is 2. The van der Waals surface area contributed by atoms with E-state index in [1.54, 1.807) is 0 Å². The number of piperazine rings is 1. The van der Waals surface area contributed by atoms with Crippen molar-refractivity contribution in [3.63, 3.8) is 0 Å². The van der Waals surface area contributed by atoms with Crippen LogP contribution in [0.25, 0.3) is 0 Å². The highest BCUT2D eigenvalue weighted by atomic mass is 28.4. The Morgan fingerprint density at radius 3 is 2.22 bits per heavy atom. The van der Waals surface area contributed by atoms with Crippen molar-refractivity contribution >= 4 is 8.32 Å². The minimum absolute atomic E-state index is 0.402. The van der Waals surface area contributed by atoms with Gasteiger partial charge in [0.15, 0.2) is 8.32 Å². The second-order valence-electron chi connectivity index (χ2n) is 7.16. The maximum Gasteiger partial charge on any atom is 0.188 e. The summed E-state index contributed by atoms with van der Waals surface area (Å²) in [6.07, 6.45) is 2.67. The van der Waals surface area contributed by atoms with Crippen LogP contribution in [0, 0.1) is 0 Å². The number of aliphatic hydroxyl groups is 1. The summed E-state index contributed by atoms with van der Waals surface area (Å²) in [6.45, 7) is 10.3. The van der Waals surface area contributed by atoms with Crippen molar-refractivity contribution < 1.29 is 14.6 Å². The highest BCUT2D eigenvalue weighted by Crippen LogP contribution is 2.22. The molecular formula is C17H38N2O3Si. The van der Waals surface area contributed by atoms with Crippen molar-refractivity contribution in [2.75, 3.05) is 53.0 Å². The number of aliphatic hydroxyl groups excluding tert-OH is 1. The molecule has 6 heteroatoms.